The molecule has 0 saturated carbocycles. The van der Waals surface area contributed by atoms with Crippen molar-refractivity contribution >= 4 is 5.82 Å². The average Bonchev–Trinajstić information content (AvgIpc) is 2.19. The van der Waals surface area contributed by atoms with Crippen molar-refractivity contribution in [1.29, 1.82) is 0 Å². The van der Waals surface area contributed by atoms with Crippen molar-refractivity contribution in [3.8, 4) is 12.3 Å². The molecule has 14 heavy (non-hydrogen) atoms. The molecule has 1 aromatic heterocycles. The molecule has 0 amide bonds. The minimum absolute atomic E-state index is 0.579. The summed E-state index contributed by atoms with van der Waals surface area (Å²) in [5, 5.41) is 3.10. The van der Waals surface area contributed by atoms with Crippen LogP contribution in [-0.2, 0) is 6.54 Å². The zero-order chi connectivity index (χ0) is 10.4. The van der Waals surface area contributed by atoms with E-state index in [1.807, 2.05) is 31.1 Å². The number of hydrogen-bond donors (Lipinski definition) is 1. The van der Waals surface area contributed by atoms with Crippen molar-refractivity contribution in [2.45, 2.75) is 6.54 Å². The first-order chi connectivity index (χ1) is 6.77. The Hall–Kier alpha value is -1.53. The van der Waals surface area contributed by atoms with Crippen LogP contribution in [0.25, 0.3) is 0 Å². The zero-order valence-electron chi connectivity index (χ0n) is 8.62. The van der Waals surface area contributed by atoms with Crippen LogP contribution in [0.3, 0.4) is 0 Å². The third kappa shape index (κ3) is 2.75. The molecule has 1 N–H and O–H groups in total. The lowest BCUT2D eigenvalue weighted by atomic mass is 10.2. The molecule has 0 aliphatic heterocycles. The normalized spacial score (nSPS) is 9.50. The Morgan fingerprint density at radius 1 is 1.64 bits per heavy atom. The highest BCUT2D eigenvalue weighted by atomic mass is 15.1. The van der Waals surface area contributed by atoms with Crippen LogP contribution in [0.15, 0.2) is 18.3 Å². The maximum atomic E-state index is 5.23. The molecule has 0 fully saturated rings. The predicted molar refractivity (Wildman–Crippen MR) is 59.1 cm³/mol. The number of terminal acetylenes is 1. The summed E-state index contributed by atoms with van der Waals surface area (Å²) in [6.45, 7) is 1.43. The van der Waals surface area contributed by atoms with Crippen molar-refractivity contribution in [3.63, 3.8) is 0 Å². The van der Waals surface area contributed by atoms with Gasteiger partial charge in [-0.25, -0.2) is 4.98 Å². The Kier molecular flexibility index (Phi) is 3.96. The van der Waals surface area contributed by atoms with Gasteiger partial charge >= 0.3 is 0 Å². The summed E-state index contributed by atoms with van der Waals surface area (Å²) in [5.41, 5.74) is 1.21. The second kappa shape index (κ2) is 5.25. The highest BCUT2D eigenvalue weighted by Crippen LogP contribution is 2.10. The summed E-state index contributed by atoms with van der Waals surface area (Å²) in [5.74, 6) is 3.50. The number of nitrogens with one attached hydrogen (secondary N) is 1. The minimum atomic E-state index is 0.579. The molecule has 0 atom stereocenters. The Balaban J connectivity index is 2.78. The van der Waals surface area contributed by atoms with E-state index in [0.29, 0.717) is 6.54 Å². The van der Waals surface area contributed by atoms with Gasteiger partial charge in [0.1, 0.15) is 5.82 Å². The highest BCUT2D eigenvalue weighted by molar-refractivity contribution is 5.41. The third-order valence-electron chi connectivity index (χ3n) is 1.91. The molecule has 0 spiro atoms. The molecule has 1 heterocycles. The lowest BCUT2D eigenvalue weighted by Crippen LogP contribution is -2.18. The van der Waals surface area contributed by atoms with Crippen molar-refractivity contribution in [2.75, 3.05) is 25.5 Å². The van der Waals surface area contributed by atoms with Gasteiger partial charge in [-0.05, 0) is 24.7 Å². The second-order valence-corrected chi connectivity index (χ2v) is 3.11. The maximum Gasteiger partial charge on any atom is 0.129 e. The number of anilines is 1. The Labute approximate surface area is 85.1 Å². The predicted octanol–water partition coefficient (Wildman–Crippen LogP) is 0.870. The summed E-state index contributed by atoms with van der Waals surface area (Å²) < 4.78 is 0. The topological polar surface area (TPSA) is 28.2 Å². The van der Waals surface area contributed by atoms with Crippen LogP contribution in [0.4, 0.5) is 5.82 Å². The zero-order valence-corrected chi connectivity index (χ0v) is 8.62. The van der Waals surface area contributed by atoms with Gasteiger partial charge in [-0.3, -0.25) is 0 Å². The van der Waals surface area contributed by atoms with Gasteiger partial charge in [0.25, 0.3) is 0 Å². The first-order valence-electron chi connectivity index (χ1n) is 4.52. The standard InChI is InChI=1S/C11H15N3/c1-4-7-14(3)11-8-10(9-12-2)5-6-13-11/h1,5-6,8,12H,7,9H2,2-3H3. The van der Waals surface area contributed by atoms with Gasteiger partial charge < -0.3 is 10.2 Å². The van der Waals surface area contributed by atoms with E-state index in [1.54, 1.807) is 6.20 Å². The van der Waals surface area contributed by atoms with Crippen molar-refractivity contribution in [1.82, 2.24) is 10.3 Å². The van der Waals surface area contributed by atoms with Gasteiger partial charge in [-0.2, -0.15) is 0 Å². The fraction of sp³-hybridized carbons (Fsp3) is 0.364. The maximum absolute atomic E-state index is 5.23. The molecule has 0 radical (unpaired) electrons. The Bertz CT molecular complexity index is 328. The minimum Gasteiger partial charge on any atom is -0.349 e. The lowest BCUT2D eigenvalue weighted by molar-refractivity contribution is 0.814. The van der Waals surface area contributed by atoms with Crippen LogP contribution in [0.2, 0.25) is 0 Å². The van der Waals surface area contributed by atoms with E-state index in [2.05, 4.69) is 16.2 Å². The van der Waals surface area contributed by atoms with Crippen LogP contribution in [0.1, 0.15) is 5.56 Å². The molecule has 1 rings (SSSR count). The van der Waals surface area contributed by atoms with E-state index in [1.165, 1.54) is 5.56 Å². The van der Waals surface area contributed by atoms with E-state index in [4.69, 9.17) is 6.42 Å². The first-order valence-corrected chi connectivity index (χ1v) is 4.52. The van der Waals surface area contributed by atoms with E-state index in [9.17, 15) is 0 Å². The third-order valence-corrected chi connectivity index (χ3v) is 1.91. The van der Waals surface area contributed by atoms with Gasteiger partial charge in [-0.15, -0.1) is 6.42 Å². The summed E-state index contributed by atoms with van der Waals surface area (Å²) >= 11 is 0. The highest BCUT2D eigenvalue weighted by Gasteiger charge is 2.00. The molecular weight excluding hydrogens is 174 g/mol. The van der Waals surface area contributed by atoms with Crippen LogP contribution < -0.4 is 10.2 Å². The van der Waals surface area contributed by atoms with Gasteiger partial charge in [0.2, 0.25) is 0 Å². The summed E-state index contributed by atoms with van der Waals surface area (Å²) in [6.07, 6.45) is 7.03. The molecule has 0 aromatic carbocycles. The van der Waals surface area contributed by atoms with Gasteiger partial charge in [0.05, 0.1) is 6.54 Å². The fourth-order valence-electron chi connectivity index (χ4n) is 1.20. The molecule has 3 nitrogen and oxygen atoms in total. The second-order valence-electron chi connectivity index (χ2n) is 3.11. The molecular formula is C11H15N3. The molecule has 0 aliphatic carbocycles. The van der Waals surface area contributed by atoms with Crippen LogP contribution in [-0.4, -0.2) is 25.6 Å². The average molecular weight is 189 g/mol. The van der Waals surface area contributed by atoms with Crippen molar-refractivity contribution < 1.29 is 0 Å². The Morgan fingerprint density at radius 2 is 2.43 bits per heavy atom. The van der Waals surface area contributed by atoms with Crippen LogP contribution >= 0.6 is 0 Å². The number of nitrogens with zero attached hydrogens (tertiary/aromatic N) is 2. The van der Waals surface area contributed by atoms with E-state index in [0.717, 1.165) is 12.4 Å². The molecule has 74 valence electrons. The fourth-order valence-corrected chi connectivity index (χ4v) is 1.20. The number of rotatable bonds is 4. The lowest BCUT2D eigenvalue weighted by Gasteiger charge is -2.15. The van der Waals surface area contributed by atoms with Crippen LogP contribution in [0, 0.1) is 12.3 Å². The van der Waals surface area contributed by atoms with Gasteiger partial charge in [0, 0.05) is 19.8 Å². The van der Waals surface area contributed by atoms with E-state index < -0.39 is 0 Å². The largest absolute Gasteiger partial charge is 0.349 e. The van der Waals surface area contributed by atoms with Gasteiger partial charge in [0.15, 0.2) is 0 Å². The summed E-state index contributed by atoms with van der Waals surface area (Å²) in [7, 11) is 3.86. The number of hydrogen-bond acceptors (Lipinski definition) is 3. The SMILES string of the molecule is C#CCN(C)c1cc(CNC)ccn1. The Morgan fingerprint density at radius 3 is 3.07 bits per heavy atom. The van der Waals surface area contributed by atoms with E-state index >= 15 is 0 Å². The molecule has 0 bridgehead atoms. The molecule has 1 aromatic rings. The quantitative estimate of drug-likeness (QED) is 0.712. The van der Waals surface area contributed by atoms with Crippen LogP contribution in [0.5, 0.6) is 0 Å². The molecule has 0 saturated heterocycles. The molecule has 0 aliphatic rings. The monoisotopic (exact) mass is 189 g/mol. The smallest absolute Gasteiger partial charge is 0.129 e. The summed E-state index contributed by atoms with van der Waals surface area (Å²) in [4.78, 5) is 6.19. The van der Waals surface area contributed by atoms with Crippen molar-refractivity contribution in [2.24, 2.45) is 0 Å². The first kappa shape index (κ1) is 10.6. The molecule has 3 heteroatoms. The molecule has 0 unspecified atom stereocenters. The van der Waals surface area contributed by atoms with Gasteiger partial charge in [-0.1, -0.05) is 5.92 Å². The van der Waals surface area contributed by atoms with E-state index in [-0.39, 0.29) is 0 Å². The van der Waals surface area contributed by atoms with Crippen molar-refractivity contribution in [3.05, 3.63) is 23.9 Å². The summed E-state index contributed by atoms with van der Waals surface area (Å²) in [6, 6.07) is 4.03. The number of pyridine rings is 1. The number of aromatic nitrogens is 1.